The number of fused-ring (bicyclic) bond motifs is 1. The van der Waals surface area contributed by atoms with Crippen molar-refractivity contribution >= 4 is 11.6 Å². The van der Waals surface area contributed by atoms with Gasteiger partial charge in [0.05, 0.1) is 7.11 Å². The van der Waals surface area contributed by atoms with Gasteiger partial charge in [-0.15, -0.1) is 0 Å². The highest BCUT2D eigenvalue weighted by molar-refractivity contribution is 5.97. The van der Waals surface area contributed by atoms with Crippen molar-refractivity contribution in [1.29, 1.82) is 0 Å². The first-order valence-corrected chi connectivity index (χ1v) is 7.53. The number of ether oxygens (including phenoxy) is 2. The zero-order chi connectivity index (χ0) is 16.4. The first-order chi connectivity index (χ1) is 11.1. The molecule has 2 aromatic carbocycles. The summed E-state index contributed by atoms with van der Waals surface area (Å²) in [5.41, 5.74) is 1.53. The van der Waals surface area contributed by atoms with Gasteiger partial charge in [-0.2, -0.15) is 0 Å². The van der Waals surface area contributed by atoms with Crippen LogP contribution in [0.15, 0.2) is 48.5 Å². The third-order valence-corrected chi connectivity index (χ3v) is 4.16. The summed E-state index contributed by atoms with van der Waals surface area (Å²) in [5, 5.41) is 0. The summed E-state index contributed by atoms with van der Waals surface area (Å²) in [7, 11) is 1.58. The van der Waals surface area contributed by atoms with Crippen LogP contribution in [0, 0.1) is 0 Å². The van der Waals surface area contributed by atoms with E-state index in [-0.39, 0.29) is 23.9 Å². The molecule has 23 heavy (non-hydrogen) atoms. The van der Waals surface area contributed by atoms with Crippen molar-refractivity contribution in [2.75, 3.05) is 7.11 Å². The van der Waals surface area contributed by atoms with E-state index in [4.69, 9.17) is 9.47 Å². The number of carbonyl (C=O) groups is 2. The first kappa shape index (κ1) is 15.3. The highest BCUT2D eigenvalue weighted by Gasteiger charge is 2.38. The van der Waals surface area contributed by atoms with Crippen LogP contribution in [-0.2, 0) is 4.79 Å². The Balaban J connectivity index is 1.84. The Bertz CT molecular complexity index is 733. The van der Waals surface area contributed by atoms with Gasteiger partial charge >= 0.3 is 0 Å². The van der Waals surface area contributed by atoms with Gasteiger partial charge in [0.2, 0.25) is 0 Å². The van der Waals surface area contributed by atoms with Crippen LogP contribution in [0.5, 0.6) is 11.5 Å². The molecule has 1 aliphatic rings. The maximum absolute atomic E-state index is 12.6. The minimum atomic E-state index is -0.588. The van der Waals surface area contributed by atoms with Crippen molar-refractivity contribution < 1.29 is 19.1 Å². The first-order valence-electron chi connectivity index (χ1n) is 7.53. The van der Waals surface area contributed by atoms with Gasteiger partial charge in [0, 0.05) is 23.5 Å². The normalized spacial score (nSPS) is 18.9. The molecule has 0 amide bonds. The lowest BCUT2D eigenvalue weighted by Crippen LogP contribution is -2.28. The summed E-state index contributed by atoms with van der Waals surface area (Å²) in [6, 6.07) is 14.5. The Morgan fingerprint density at radius 3 is 2.43 bits per heavy atom. The molecule has 0 aliphatic carbocycles. The van der Waals surface area contributed by atoms with Crippen LogP contribution in [0.1, 0.15) is 35.2 Å². The van der Waals surface area contributed by atoms with Crippen molar-refractivity contribution in [2.24, 2.45) is 0 Å². The van der Waals surface area contributed by atoms with E-state index in [1.165, 1.54) is 6.92 Å². The molecule has 0 saturated heterocycles. The van der Waals surface area contributed by atoms with Gasteiger partial charge in [-0.05, 0) is 37.3 Å². The Morgan fingerprint density at radius 2 is 1.78 bits per heavy atom. The highest BCUT2D eigenvalue weighted by Crippen LogP contribution is 2.41. The van der Waals surface area contributed by atoms with E-state index in [2.05, 4.69) is 0 Å². The second-order valence-electron chi connectivity index (χ2n) is 5.65. The number of hydrogen-bond acceptors (Lipinski definition) is 4. The standard InChI is InChI=1S/C19H18O4/c1-12(20)19-16(15-5-3-4-6-18(15)23-19)11-17(21)13-7-9-14(22-2)10-8-13/h3-10,16,19H,11H2,1-2H3/t16-,19+/m0/s1. The maximum atomic E-state index is 12.6. The molecule has 0 radical (unpaired) electrons. The van der Waals surface area contributed by atoms with E-state index in [1.54, 1.807) is 31.4 Å². The molecule has 0 saturated carbocycles. The van der Waals surface area contributed by atoms with Crippen molar-refractivity contribution in [3.8, 4) is 11.5 Å². The van der Waals surface area contributed by atoms with Crippen molar-refractivity contribution in [3.63, 3.8) is 0 Å². The number of ketones is 2. The third-order valence-electron chi connectivity index (χ3n) is 4.16. The Kier molecular flexibility index (Phi) is 4.15. The molecule has 2 aromatic rings. The zero-order valence-electron chi connectivity index (χ0n) is 13.1. The van der Waals surface area contributed by atoms with Crippen LogP contribution < -0.4 is 9.47 Å². The molecule has 4 nitrogen and oxygen atoms in total. The van der Waals surface area contributed by atoms with Crippen LogP contribution >= 0.6 is 0 Å². The lowest BCUT2D eigenvalue weighted by molar-refractivity contribution is -0.123. The number of methoxy groups -OCH3 is 1. The van der Waals surface area contributed by atoms with Gasteiger partial charge in [-0.3, -0.25) is 9.59 Å². The van der Waals surface area contributed by atoms with Crippen LogP contribution in [0.25, 0.3) is 0 Å². The molecular formula is C19H18O4. The maximum Gasteiger partial charge on any atom is 0.170 e. The van der Waals surface area contributed by atoms with Gasteiger partial charge in [-0.25, -0.2) is 0 Å². The van der Waals surface area contributed by atoms with Gasteiger partial charge in [-0.1, -0.05) is 18.2 Å². The summed E-state index contributed by atoms with van der Waals surface area (Å²) in [6.07, 6.45) is -0.345. The van der Waals surface area contributed by atoms with E-state index in [9.17, 15) is 9.59 Å². The molecule has 118 valence electrons. The van der Waals surface area contributed by atoms with Crippen LogP contribution in [0.3, 0.4) is 0 Å². The van der Waals surface area contributed by atoms with E-state index < -0.39 is 6.10 Å². The van der Waals surface area contributed by atoms with E-state index >= 15 is 0 Å². The van der Waals surface area contributed by atoms with E-state index in [1.807, 2.05) is 24.3 Å². The molecule has 3 rings (SSSR count). The smallest absolute Gasteiger partial charge is 0.170 e. The minimum Gasteiger partial charge on any atom is -0.497 e. The lowest BCUT2D eigenvalue weighted by Gasteiger charge is -2.16. The topological polar surface area (TPSA) is 52.6 Å². The number of benzene rings is 2. The van der Waals surface area contributed by atoms with E-state index in [0.29, 0.717) is 17.1 Å². The van der Waals surface area contributed by atoms with Crippen molar-refractivity contribution in [2.45, 2.75) is 25.4 Å². The molecule has 0 spiro atoms. The quantitative estimate of drug-likeness (QED) is 0.794. The van der Waals surface area contributed by atoms with Crippen LogP contribution in [0.2, 0.25) is 0 Å². The molecule has 1 aliphatic heterocycles. The minimum absolute atomic E-state index is 0.00999. The number of hydrogen-bond donors (Lipinski definition) is 0. The fraction of sp³-hybridized carbons (Fsp3) is 0.263. The van der Waals surface area contributed by atoms with Gasteiger partial charge in [0.1, 0.15) is 11.5 Å². The molecule has 0 unspecified atom stereocenters. The van der Waals surface area contributed by atoms with Crippen molar-refractivity contribution in [3.05, 3.63) is 59.7 Å². The number of para-hydroxylation sites is 1. The lowest BCUT2D eigenvalue weighted by atomic mass is 9.87. The molecule has 0 N–H and O–H groups in total. The van der Waals surface area contributed by atoms with Gasteiger partial charge in [0.15, 0.2) is 17.7 Å². The Hall–Kier alpha value is -2.62. The SMILES string of the molecule is COc1ccc(C(=O)C[C@H]2c3ccccc3O[C@@H]2C(C)=O)cc1. The van der Waals surface area contributed by atoms with Gasteiger partial charge < -0.3 is 9.47 Å². The predicted molar refractivity (Wildman–Crippen MR) is 86.2 cm³/mol. The predicted octanol–water partition coefficient (Wildman–Crippen LogP) is 3.40. The average Bonchev–Trinajstić information content (AvgIpc) is 2.94. The summed E-state index contributed by atoms with van der Waals surface area (Å²) in [4.78, 5) is 24.4. The monoisotopic (exact) mass is 310 g/mol. The molecule has 4 heteroatoms. The van der Waals surface area contributed by atoms with Gasteiger partial charge in [0.25, 0.3) is 0 Å². The number of rotatable bonds is 5. The summed E-state index contributed by atoms with van der Waals surface area (Å²) in [6.45, 7) is 1.50. The zero-order valence-corrected chi connectivity index (χ0v) is 13.1. The van der Waals surface area contributed by atoms with Crippen LogP contribution in [0.4, 0.5) is 0 Å². The number of carbonyl (C=O) groups excluding carboxylic acids is 2. The highest BCUT2D eigenvalue weighted by atomic mass is 16.5. The summed E-state index contributed by atoms with van der Waals surface area (Å²) in [5.74, 6) is 1.09. The molecular weight excluding hydrogens is 292 g/mol. The molecule has 0 bridgehead atoms. The Morgan fingerprint density at radius 1 is 1.09 bits per heavy atom. The third kappa shape index (κ3) is 2.97. The van der Waals surface area contributed by atoms with Crippen molar-refractivity contribution in [1.82, 2.24) is 0 Å². The second kappa shape index (κ2) is 6.24. The summed E-state index contributed by atoms with van der Waals surface area (Å²) >= 11 is 0. The molecule has 0 aromatic heterocycles. The van der Waals surface area contributed by atoms with Crippen LogP contribution in [-0.4, -0.2) is 24.8 Å². The average molecular weight is 310 g/mol. The fourth-order valence-electron chi connectivity index (χ4n) is 2.95. The number of Topliss-reactive ketones (excluding diaryl/α,β-unsaturated/α-hetero) is 2. The summed E-state index contributed by atoms with van der Waals surface area (Å²) < 4.78 is 10.8. The Labute approximate surface area is 135 Å². The fourth-order valence-corrected chi connectivity index (χ4v) is 2.95. The van der Waals surface area contributed by atoms with E-state index in [0.717, 1.165) is 5.56 Å². The largest absolute Gasteiger partial charge is 0.497 e. The molecule has 0 fully saturated rings. The molecule has 1 heterocycles. The second-order valence-corrected chi connectivity index (χ2v) is 5.65. The molecule has 2 atom stereocenters.